The second kappa shape index (κ2) is 6.44. The van der Waals surface area contributed by atoms with Crippen LogP contribution < -0.4 is 5.32 Å². The number of hydrogen-bond donors (Lipinski definition) is 1. The first kappa shape index (κ1) is 10.7. The molecule has 2 nitrogen and oxygen atoms in total. The molecule has 12 heavy (non-hydrogen) atoms. The van der Waals surface area contributed by atoms with Crippen molar-refractivity contribution in [2.24, 2.45) is 0 Å². The Kier molecular flexibility index (Phi) is 5.76. The molecule has 0 radical (unpaired) electrons. The van der Waals surface area contributed by atoms with Crippen LogP contribution in [0.25, 0.3) is 0 Å². The minimum absolute atomic E-state index is 0.827. The quantitative estimate of drug-likeness (QED) is 0.369. The molecule has 2 heteroatoms. The third-order valence-corrected chi connectivity index (χ3v) is 1.36. The standard InChI is InChI=1S/C10H15NO/c1-9(2)11-7-4-5-10(3)6-8-12/h6,11H,1,3-5,7H2,2H3. The van der Waals surface area contributed by atoms with Crippen LogP contribution in [0.2, 0.25) is 0 Å². The summed E-state index contributed by atoms with van der Waals surface area (Å²) in [4.78, 5) is 9.89. The third-order valence-electron chi connectivity index (χ3n) is 1.36. The van der Waals surface area contributed by atoms with Crippen molar-refractivity contribution in [2.45, 2.75) is 19.8 Å². The van der Waals surface area contributed by atoms with E-state index < -0.39 is 0 Å². The molecule has 0 saturated carbocycles. The molecule has 0 spiro atoms. The molecular weight excluding hydrogens is 150 g/mol. The van der Waals surface area contributed by atoms with Crippen molar-refractivity contribution < 1.29 is 4.79 Å². The van der Waals surface area contributed by atoms with Gasteiger partial charge < -0.3 is 5.32 Å². The number of rotatable bonds is 6. The van der Waals surface area contributed by atoms with Gasteiger partial charge in [0.2, 0.25) is 0 Å². The lowest BCUT2D eigenvalue weighted by Crippen LogP contribution is -2.11. The Labute approximate surface area is 73.7 Å². The van der Waals surface area contributed by atoms with Gasteiger partial charge in [0.1, 0.15) is 5.94 Å². The summed E-state index contributed by atoms with van der Waals surface area (Å²) in [5.74, 6) is 1.70. The molecule has 0 aromatic carbocycles. The Morgan fingerprint density at radius 1 is 1.58 bits per heavy atom. The first-order valence-electron chi connectivity index (χ1n) is 3.95. The fourth-order valence-corrected chi connectivity index (χ4v) is 0.773. The highest BCUT2D eigenvalue weighted by Crippen LogP contribution is 2.01. The van der Waals surface area contributed by atoms with Gasteiger partial charge >= 0.3 is 0 Å². The topological polar surface area (TPSA) is 29.1 Å². The predicted molar refractivity (Wildman–Crippen MR) is 51.5 cm³/mol. The van der Waals surface area contributed by atoms with Crippen LogP contribution in [0.1, 0.15) is 19.8 Å². The van der Waals surface area contributed by atoms with E-state index >= 15 is 0 Å². The van der Waals surface area contributed by atoms with E-state index in [4.69, 9.17) is 0 Å². The zero-order valence-electron chi connectivity index (χ0n) is 7.52. The highest BCUT2D eigenvalue weighted by Gasteiger charge is 1.90. The molecule has 0 aliphatic carbocycles. The second-order valence-corrected chi connectivity index (χ2v) is 2.73. The third kappa shape index (κ3) is 6.84. The van der Waals surface area contributed by atoms with Crippen LogP contribution in [0, 0.1) is 0 Å². The van der Waals surface area contributed by atoms with Gasteiger partial charge in [0, 0.05) is 18.3 Å². The monoisotopic (exact) mass is 165 g/mol. The van der Waals surface area contributed by atoms with Gasteiger partial charge in [-0.25, -0.2) is 4.79 Å². The summed E-state index contributed by atoms with van der Waals surface area (Å²) in [5, 5.41) is 3.09. The van der Waals surface area contributed by atoms with Crippen LogP contribution in [-0.2, 0) is 4.79 Å². The van der Waals surface area contributed by atoms with E-state index in [9.17, 15) is 4.79 Å². The summed E-state index contributed by atoms with van der Waals surface area (Å²) >= 11 is 0. The Balaban J connectivity index is 3.37. The van der Waals surface area contributed by atoms with Crippen molar-refractivity contribution in [3.8, 4) is 0 Å². The van der Waals surface area contributed by atoms with Crippen molar-refractivity contribution in [2.75, 3.05) is 6.54 Å². The second-order valence-electron chi connectivity index (χ2n) is 2.73. The summed E-state index contributed by atoms with van der Waals surface area (Å²) in [5.41, 5.74) is 1.79. The molecule has 0 heterocycles. The zero-order chi connectivity index (χ0) is 9.40. The summed E-state index contributed by atoms with van der Waals surface area (Å²) < 4.78 is 0. The predicted octanol–water partition coefficient (Wildman–Crippen LogP) is 1.83. The number of carbonyl (C=O) groups excluding carboxylic acids is 1. The van der Waals surface area contributed by atoms with Crippen molar-refractivity contribution in [1.82, 2.24) is 5.32 Å². The lowest BCUT2D eigenvalue weighted by Gasteiger charge is -2.03. The first-order chi connectivity index (χ1) is 5.66. The normalized spacial score (nSPS) is 8.42. The molecule has 0 amide bonds. The van der Waals surface area contributed by atoms with Crippen LogP contribution in [0.4, 0.5) is 0 Å². The van der Waals surface area contributed by atoms with E-state index in [-0.39, 0.29) is 0 Å². The number of nitrogens with one attached hydrogen (secondary N) is 1. The number of allylic oxidation sites excluding steroid dienone is 3. The van der Waals surface area contributed by atoms with Gasteiger partial charge in [-0.15, -0.1) is 0 Å². The lowest BCUT2D eigenvalue weighted by atomic mass is 10.1. The maximum absolute atomic E-state index is 9.89. The van der Waals surface area contributed by atoms with E-state index in [0.29, 0.717) is 0 Å². The molecule has 0 atom stereocenters. The summed E-state index contributed by atoms with van der Waals surface area (Å²) in [6.45, 7) is 10.2. The molecule has 0 rings (SSSR count). The maximum atomic E-state index is 9.89. The van der Waals surface area contributed by atoms with Crippen LogP contribution in [0.5, 0.6) is 0 Å². The van der Waals surface area contributed by atoms with Gasteiger partial charge in [0.15, 0.2) is 0 Å². The molecule has 1 N–H and O–H groups in total. The molecule has 0 aliphatic heterocycles. The van der Waals surface area contributed by atoms with E-state index in [1.807, 2.05) is 6.92 Å². The van der Waals surface area contributed by atoms with Crippen molar-refractivity contribution in [3.05, 3.63) is 30.5 Å². The number of hydrogen-bond acceptors (Lipinski definition) is 2. The molecule has 0 fully saturated rings. The molecular formula is C10H15NO. The fraction of sp³-hybridized carbons (Fsp3) is 0.400. The maximum Gasteiger partial charge on any atom is 0.124 e. The van der Waals surface area contributed by atoms with Gasteiger partial charge in [0.25, 0.3) is 0 Å². The first-order valence-corrected chi connectivity index (χ1v) is 3.95. The van der Waals surface area contributed by atoms with Crippen LogP contribution in [0.3, 0.4) is 0 Å². The minimum Gasteiger partial charge on any atom is -0.389 e. The van der Waals surface area contributed by atoms with E-state index in [2.05, 4.69) is 18.5 Å². The van der Waals surface area contributed by atoms with Crippen LogP contribution in [-0.4, -0.2) is 12.5 Å². The zero-order valence-corrected chi connectivity index (χ0v) is 7.52. The summed E-state index contributed by atoms with van der Waals surface area (Å²) in [6, 6.07) is 0. The average Bonchev–Trinajstić information content (AvgIpc) is 1.98. The Hall–Kier alpha value is -1.27. The van der Waals surface area contributed by atoms with Crippen LogP contribution >= 0.6 is 0 Å². The molecule has 0 bridgehead atoms. The lowest BCUT2D eigenvalue weighted by molar-refractivity contribution is 0.568. The Bertz CT molecular complexity index is 212. The van der Waals surface area contributed by atoms with Gasteiger partial charge in [-0.1, -0.05) is 13.2 Å². The summed E-state index contributed by atoms with van der Waals surface area (Å²) in [6.07, 6.45) is 3.17. The average molecular weight is 165 g/mol. The highest BCUT2D eigenvalue weighted by atomic mass is 16.1. The Morgan fingerprint density at radius 3 is 2.75 bits per heavy atom. The van der Waals surface area contributed by atoms with Crippen LogP contribution in [0.15, 0.2) is 30.5 Å². The molecule has 0 aromatic heterocycles. The van der Waals surface area contributed by atoms with Gasteiger partial charge in [-0.2, -0.15) is 0 Å². The fourth-order valence-electron chi connectivity index (χ4n) is 0.773. The van der Waals surface area contributed by atoms with Gasteiger partial charge in [-0.3, -0.25) is 0 Å². The Morgan fingerprint density at radius 2 is 2.25 bits per heavy atom. The SMILES string of the molecule is C=C(C=C=O)CCCNC(=C)C. The molecule has 0 saturated heterocycles. The molecule has 0 aromatic rings. The molecule has 0 aliphatic rings. The molecule has 0 unspecified atom stereocenters. The molecule has 66 valence electrons. The van der Waals surface area contributed by atoms with Gasteiger partial charge in [0.05, 0.1) is 0 Å². The van der Waals surface area contributed by atoms with E-state index in [0.717, 1.165) is 30.7 Å². The highest BCUT2D eigenvalue weighted by molar-refractivity contribution is 5.51. The van der Waals surface area contributed by atoms with Gasteiger partial charge in [-0.05, 0) is 25.3 Å². The summed E-state index contributed by atoms with van der Waals surface area (Å²) in [7, 11) is 0. The van der Waals surface area contributed by atoms with Crippen molar-refractivity contribution in [1.29, 1.82) is 0 Å². The smallest absolute Gasteiger partial charge is 0.124 e. The van der Waals surface area contributed by atoms with E-state index in [1.54, 1.807) is 5.94 Å². The van der Waals surface area contributed by atoms with Crippen molar-refractivity contribution in [3.63, 3.8) is 0 Å². The minimum atomic E-state index is 0.827. The largest absolute Gasteiger partial charge is 0.389 e. The van der Waals surface area contributed by atoms with E-state index in [1.165, 1.54) is 6.08 Å². The van der Waals surface area contributed by atoms with Crippen molar-refractivity contribution >= 4 is 5.94 Å².